The molecule has 0 atom stereocenters. The normalized spacial score (nSPS) is 16.6. The van der Waals surface area contributed by atoms with E-state index in [9.17, 15) is 0 Å². The molecule has 0 aromatic rings. The highest BCUT2D eigenvalue weighted by Gasteiger charge is 1.97. The molecule has 0 amide bonds. The predicted octanol–water partition coefficient (Wildman–Crippen LogP) is 3.39. The van der Waals surface area contributed by atoms with Gasteiger partial charge in [-0.05, 0) is 39.8 Å². The largest absolute Gasteiger partial charge is 0.317 e. The quantitative estimate of drug-likeness (QED) is 0.606. The van der Waals surface area contributed by atoms with Gasteiger partial charge >= 0.3 is 0 Å². The van der Waals surface area contributed by atoms with Crippen molar-refractivity contribution in [1.29, 1.82) is 5.26 Å². The highest BCUT2D eigenvalue weighted by Crippen LogP contribution is 2.03. The lowest BCUT2D eigenvalue weighted by Crippen LogP contribution is -2.21. The summed E-state index contributed by atoms with van der Waals surface area (Å²) in [5.74, 6) is 0. The monoisotopic (exact) mass is 253 g/mol. The third kappa shape index (κ3) is 8.67. The fraction of sp³-hybridized carbons (Fsp3) is 0.538. The van der Waals surface area contributed by atoms with Gasteiger partial charge in [0.1, 0.15) is 11.2 Å². The summed E-state index contributed by atoms with van der Waals surface area (Å²) in [5.41, 5.74) is 0.958. The molecule has 3 nitrogen and oxygen atoms in total. The summed E-state index contributed by atoms with van der Waals surface area (Å²) in [4.78, 5) is 3.89. The Morgan fingerprint density at radius 2 is 2.00 bits per heavy atom. The van der Waals surface area contributed by atoms with Gasteiger partial charge in [-0.3, -0.25) is 0 Å². The molecule has 1 aliphatic rings. The maximum atomic E-state index is 8.36. The van der Waals surface area contributed by atoms with Gasteiger partial charge in [0.2, 0.25) is 0 Å². The Labute approximate surface area is 109 Å². The number of allylic oxidation sites excluding steroid dienone is 3. The van der Waals surface area contributed by atoms with Gasteiger partial charge < -0.3 is 5.32 Å². The van der Waals surface area contributed by atoms with Crippen LogP contribution < -0.4 is 5.32 Å². The molecule has 1 fully saturated rings. The smallest absolute Gasteiger partial charge is 0.146 e. The van der Waals surface area contributed by atoms with E-state index >= 15 is 0 Å². The minimum absolute atomic E-state index is 0.156. The molecular formula is C13H20ClN3. The van der Waals surface area contributed by atoms with Gasteiger partial charge in [-0.15, -0.1) is 0 Å². The number of nitriles is 1. The molecule has 94 valence electrons. The van der Waals surface area contributed by atoms with E-state index in [1.807, 2.05) is 13.0 Å². The lowest BCUT2D eigenvalue weighted by atomic mass is 10.2. The van der Waals surface area contributed by atoms with Crippen LogP contribution >= 0.6 is 11.6 Å². The van der Waals surface area contributed by atoms with Crippen molar-refractivity contribution in [3.05, 3.63) is 23.9 Å². The van der Waals surface area contributed by atoms with Crippen LogP contribution in [0.4, 0.5) is 0 Å². The molecule has 4 heteroatoms. The highest BCUT2D eigenvalue weighted by molar-refractivity contribution is 6.70. The summed E-state index contributed by atoms with van der Waals surface area (Å²) in [7, 11) is 0. The van der Waals surface area contributed by atoms with E-state index in [-0.39, 0.29) is 10.7 Å². The van der Waals surface area contributed by atoms with Gasteiger partial charge in [0.25, 0.3) is 0 Å². The van der Waals surface area contributed by atoms with Crippen LogP contribution in [0.15, 0.2) is 28.9 Å². The Balaban J connectivity index is 0.000000354. The van der Waals surface area contributed by atoms with Gasteiger partial charge in [-0.2, -0.15) is 5.26 Å². The zero-order valence-electron chi connectivity index (χ0n) is 10.6. The summed E-state index contributed by atoms with van der Waals surface area (Å²) < 4.78 is 0. The van der Waals surface area contributed by atoms with Crippen molar-refractivity contribution in [2.75, 3.05) is 13.1 Å². The second kappa shape index (κ2) is 10.1. The van der Waals surface area contributed by atoms with E-state index in [0.29, 0.717) is 0 Å². The summed E-state index contributed by atoms with van der Waals surface area (Å²) in [6.07, 6.45) is 6.01. The maximum absolute atomic E-state index is 8.36. The highest BCUT2D eigenvalue weighted by atomic mass is 35.5. The van der Waals surface area contributed by atoms with Crippen molar-refractivity contribution in [3.8, 4) is 6.07 Å². The molecule has 1 rings (SSSR count). The Morgan fingerprint density at radius 1 is 1.41 bits per heavy atom. The van der Waals surface area contributed by atoms with Crippen molar-refractivity contribution in [1.82, 2.24) is 5.32 Å². The molecule has 1 saturated heterocycles. The molecule has 0 aromatic carbocycles. The van der Waals surface area contributed by atoms with E-state index in [2.05, 4.69) is 16.9 Å². The average molecular weight is 254 g/mol. The maximum Gasteiger partial charge on any atom is 0.146 e. The first-order chi connectivity index (χ1) is 8.11. The van der Waals surface area contributed by atoms with Crippen LogP contribution in [0.2, 0.25) is 0 Å². The van der Waals surface area contributed by atoms with Crippen LogP contribution in [-0.4, -0.2) is 18.3 Å². The number of piperidine rings is 1. The van der Waals surface area contributed by atoms with Gasteiger partial charge in [0.15, 0.2) is 0 Å². The van der Waals surface area contributed by atoms with Crippen molar-refractivity contribution < 1.29 is 0 Å². The zero-order chi connectivity index (χ0) is 13.1. The van der Waals surface area contributed by atoms with Crippen LogP contribution in [0.25, 0.3) is 0 Å². The molecule has 0 spiro atoms. The van der Waals surface area contributed by atoms with E-state index in [4.69, 9.17) is 16.9 Å². The zero-order valence-corrected chi connectivity index (χ0v) is 11.3. The van der Waals surface area contributed by atoms with Crippen molar-refractivity contribution >= 4 is 16.8 Å². The predicted molar refractivity (Wildman–Crippen MR) is 74.2 cm³/mol. The summed E-state index contributed by atoms with van der Waals surface area (Å²) >= 11 is 5.59. The molecular weight excluding hydrogens is 234 g/mol. The molecule has 1 aliphatic heterocycles. The van der Waals surface area contributed by atoms with Crippen molar-refractivity contribution in [2.45, 2.75) is 33.1 Å². The molecule has 1 heterocycles. The third-order valence-electron chi connectivity index (χ3n) is 2.28. The minimum atomic E-state index is 0.156. The van der Waals surface area contributed by atoms with E-state index in [1.165, 1.54) is 32.4 Å². The van der Waals surface area contributed by atoms with Crippen LogP contribution in [0.1, 0.15) is 33.1 Å². The van der Waals surface area contributed by atoms with Crippen LogP contribution in [0.5, 0.6) is 0 Å². The topological polar surface area (TPSA) is 48.2 Å². The fourth-order valence-corrected chi connectivity index (χ4v) is 1.31. The lowest BCUT2D eigenvalue weighted by molar-refractivity contribution is 0.520. The number of nitrogens with one attached hydrogen (secondary N) is 1. The van der Waals surface area contributed by atoms with Crippen molar-refractivity contribution in [3.63, 3.8) is 0 Å². The molecule has 0 aromatic heterocycles. The Bertz CT molecular complexity index is 322. The number of halogens is 1. The standard InChI is InChI=1S/C8H9ClN2.C5H11N/c1-4-7(3)11-8(9)6(2)5-10;1-2-4-6-5-3-1/h4H,2H2,1,3H3;6H,1-5H2/b7-4-,11-8?;. The van der Waals surface area contributed by atoms with E-state index < -0.39 is 0 Å². The molecule has 1 N–H and O–H groups in total. The second-order valence-corrected chi connectivity index (χ2v) is 4.09. The number of hydrogen-bond donors (Lipinski definition) is 1. The summed E-state index contributed by atoms with van der Waals surface area (Å²) in [6, 6.07) is 1.81. The summed E-state index contributed by atoms with van der Waals surface area (Å²) in [5, 5.41) is 11.8. The number of rotatable bonds is 2. The second-order valence-electron chi connectivity index (χ2n) is 3.73. The summed E-state index contributed by atoms with van der Waals surface area (Å²) in [6.45, 7) is 9.55. The molecule has 0 bridgehead atoms. The van der Waals surface area contributed by atoms with Crippen molar-refractivity contribution in [2.24, 2.45) is 4.99 Å². The third-order valence-corrected chi connectivity index (χ3v) is 2.60. The molecule has 0 unspecified atom stereocenters. The Morgan fingerprint density at radius 3 is 2.29 bits per heavy atom. The number of nitrogens with zero attached hydrogens (tertiary/aromatic N) is 2. The number of hydrogen-bond acceptors (Lipinski definition) is 3. The lowest BCUT2D eigenvalue weighted by Gasteiger charge is -2.08. The first kappa shape index (κ1) is 15.9. The Hall–Kier alpha value is -1.11. The number of aliphatic imine (C=N–C) groups is 1. The van der Waals surface area contributed by atoms with Gasteiger partial charge in [-0.25, -0.2) is 4.99 Å². The van der Waals surface area contributed by atoms with E-state index in [1.54, 1.807) is 13.0 Å². The van der Waals surface area contributed by atoms with Crippen LogP contribution in [-0.2, 0) is 0 Å². The molecule has 0 aliphatic carbocycles. The van der Waals surface area contributed by atoms with Crippen LogP contribution in [0, 0.1) is 11.3 Å². The molecule has 0 radical (unpaired) electrons. The SMILES string of the molecule is C1CCNCC1.C=C(C#N)C(Cl)=N/C(C)=C\C. The Kier molecular flexibility index (Phi) is 9.41. The molecule has 17 heavy (non-hydrogen) atoms. The van der Waals surface area contributed by atoms with E-state index in [0.717, 1.165) is 5.70 Å². The fourth-order valence-electron chi connectivity index (χ4n) is 1.13. The first-order valence-corrected chi connectivity index (χ1v) is 6.16. The van der Waals surface area contributed by atoms with Gasteiger partial charge in [0.05, 0.1) is 5.57 Å². The van der Waals surface area contributed by atoms with Gasteiger partial charge in [0, 0.05) is 5.70 Å². The first-order valence-electron chi connectivity index (χ1n) is 5.79. The average Bonchev–Trinajstić information content (AvgIpc) is 2.40. The molecule has 0 saturated carbocycles. The van der Waals surface area contributed by atoms with Gasteiger partial charge in [-0.1, -0.05) is 30.7 Å². The minimum Gasteiger partial charge on any atom is -0.317 e. The van der Waals surface area contributed by atoms with Crippen LogP contribution in [0.3, 0.4) is 0 Å².